The summed E-state index contributed by atoms with van der Waals surface area (Å²) in [4.78, 5) is 20.9. The Kier molecular flexibility index (Phi) is 6.59. The van der Waals surface area contributed by atoms with Gasteiger partial charge < -0.3 is 10.4 Å². The lowest BCUT2D eigenvalue weighted by molar-refractivity contribution is -0.131. The zero-order valence-electron chi connectivity index (χ0n) is 7.75. The Balaban J connectivity index is 3.46. The predicted molar refractivity (Wildman–Crippen MR) is 49.3 cm³/mol. The molecule has 0 saturated heterocycles. The summed E-state index contributed by atoms with van der Waals surface area (Å²) >= 11 is 0. The molecular weight excluding hydrogens is 170 g/mol. The first-order valence-corrected chi connectivity index (χ1v) is 4.35. The van der Waals surface area contributed by atoms with Gasteiger partial charge >= 0.3 is 5.97 Å². The van der Waals surface area contributed by atoms with E-state index in [0.29, 0.717) is 6.54 Å². The van der Waals surface area contributed by atoms with Gasteiger partial charge in [0.1, 0.15) is 0 Å². The van der Waals surface area contributed by atoms with Crippen molar-refractivity contribution >= 4 is 11.9 Å². The fourth-order valence-corrected chi connectivity index (χ4v) is 0.792. The maximum Gasteiger partial charge on any atom is 0.328 e. The number of carbonyl (C=O) groups is 2. The monoisotopic (exact) mass is 185 g/mol. The van der Waals surface area contributed by atoms with Gasteiger partial charge in [0.2, 0.25) is 5.91 Å². The van der Waals surface area contributed by atoms with Crippen molar-refractivity contribution in [2.75, 3.05) is 6.54 Å². The van der Waals surface area contributed by atoms with Crippen LogP contribution in [0.1, 0.15) is 26.2 Å². The minimum atomic E-state index is -1.11. The lowest BCUT2D eigenvalue weighted by Gasteiger charge is -1.99. The average molecular weight is 185 g/mol. The van der Waals surface area contributed by atoms with Gasteiger partial charge in [0, 0.05) is 18.7 Å². The summed E-state index contributed by atoms with van der Waals surface area (Å²) in [5.41, 5.74) is 0. The van der Waals surface area contributed by atoms with Gasteiger partial charge in [-0.05, 0) is 6.42 Å². The highest BCUT2D eigenvalue weighted by Gasteiger charge is 1.94. The molecule has 0 saturated carbocycles. The van der Waals surface area contributed by atoms with Gasteiger partial charge in [0.15, 0.2) is 0 Å². The first kappa shape index (κ1) is 11.7. The standard InChI is InChI=1S/C9H15NO3/c1-2-3-4-7-10-8(11)5-6-9(12)13/h5-6H,2-4,7H2,1H3,(H,10,11)(H,12,13)/b6-5-. The van der Waals surface area contributed by atoms with E-state index in [1.54, 1.807) is 0 Å². The van der Waals surface area contributed by atoms with Crippen molar-refractivity contribution < 1.29 is 14.7 Å². The normalized spacial score (nSPS) is 10.2. The second kappa shape index (κ2) is 7.34. The number of rotatable bonds is 6. The van der Waals surface area contributed by atoms with E-state index in [9.17, 15) is 9.59 Å². The number of nitrogens with one attached hydrogen (secondary N) is 1. The summed E-state index contributed by atoms with van der Waals surface area (Å²) in [6.07, 6.45) is 4.95. The maximum atomic E-state index is 10.8. The van der Waals surface area contributed by atoms with E-state index in [1.165, 1.54) is 0 Å². The van der Waals surface area contributed by atoms with Crippen LogP contribution in [0.25, 0.3) is 0 Å². The SMILES string of the molecule is CCCCCNC(=O)/C=C\C(=O)O. The Morgan fingerprint density at radius 1 is 1.31 bits per heavy atom. The van der Waals surface area contributed by atoms with Gasteiger partial charge in [-0.15, -0.1) is 0 Å². The molecule has 0 aliphatic heterocycles. The van der Waals surface area contributed by atoms with Gasteiger partial charge in [-0.25, -0.2) is 4.79 Å². The number of amides is 1. The number of carboxylic acid groups (broad SMARTS) is 1. The molecule has 4 heteroatoms. The summed E-state index contributed by atoms with van der Waals surface area (Å²) in [5.74, 6) is -1.46. The highest BCUT2D eigenvalue weighted by Crippen LogP contribution is 1.90. The van der Waals surface area contributed by atoms with Crippen LogP contribution in [0.15, 0.2) is 12.2 Å². The van der Waals surface area contributed by atoms with Crippen LogP contribution in [0.2, 0.25) is 0 Å². The molecule has 0 spiro atoms. The number of aliphatic carboxylic acids is 1. The molecule has 0 rings (SSSR count). The van der Waals surface area contributed by atoms with Crippen LogP contribution >= 0.6 is 0 Å². The third-order valence-electron chi connectivity index (χ3n) is 1.46. The summed E-state index contributed by atoms with van der Waals surface area (Å²) in [6, 6.07) is 0. The van der Waals surface area contributed by atoms with Crippen molar-refractivity contribution in [1.29, 1.82) is 0 Å². The van der Waals surface area contributed by atoms with Crippen LogP contribution in [0.3, 0.4) is 0 Å². The number of carboxylic acids is 1. The van der Waals surface area contributed by atoms with E-state index < -0.39 is 5.97 Å². The molecule has 0 bridgehead atoms. The maximum absolute atomic E-state index is 10.8. The molecule has 0 aromatic carbocycles. The molecular formula is C9H15NO3. The molecule has 0 aromatic rings. The molecule has 13 heavy (non-hydrogen) atoms. The highest BCUT2D eigenvalue weighted by molar-refractivity contribution is 5.93. The minimum Gasteiger partial charge on any atom is -0.478 e. The molecule has 0 aliphatic carbocycles. The second-order valence-corrected chi connectivity index (χ2v) is 2.67. The molecule has 0 heterocycles. The van der Waals surface area contributed by atoms with Gasteiger partial charge in [-0.1, -0.05) is 19.8 Å². The van der Waals surface area contributed by atoms with Gasteiger partial charge in [0.25, 0.3) is 0 Å². The summed E-state index contributed by atoms with van der Waals surface area (Å²) in [5, 5.41) is 10.8. The van der Waals surface area contributed by atoms with E-state index in [-0.39, 0.29) is 5.91 Å². The summed E-state index contributed by atoms with van der Waals surface area (Å²) in [6.45, 7) is 2.68. The highest BCUT2D eigenvalue weighted by atomic mass is 16.4. The third-order valence-corrected chi connectivity index (χ3v) is 1.46. The number of unbranched alkanes of at least 4 members (excludes halogenated alkanes) is 2. The van der Waals surface area contributed by atoms with Crippen molar-refractivity contribution in [2.24, 2.45) is 0 Å². The molecule has 0 atom stereocenters. The number of hydrogen-bond acceptors (Lipinski definition) is 2. The van der Waals surface area contributed by atoms with Crippen LogP contribution in [0.5, 0.6) is 0 Å². The Hall–Kier alpha value is -1.32. The molecule has 2 N–H and O–H groups in total. The van der Waals surface area contributed by atoms with Crippen LogP contribution < -0.4 is 5.32 Å². The van der Waals surface area contributed by atoms with Crippen LogP contribution in [-0.2, 0) is 9.59 Å². The predicted octanol–water partition coefficient (Wildman–Crippen LogP) is 0.934. The summed E-state index contributed by atoms with van der Waals surface area (Å²) < 4.78 is 0. The topological polar surface area (TPSA) is 66.4 Å². The number of hydrogen-bond donors (Lipinski definition) is 2. The van der Waals surface area contributed by atoms with E-state index >= 15 is 0 Å². The molecule has 0 fully saturated rings. The molecule has 0 aromatic heterocycles. The minimum absolute atomic E-state index is 0.349. The van der Waals surface area contributed by atoms with Crippen molar-refractivity contribution in [3.05, 3.63) is 12.2 Å². The van der Waals surface area contributed by atoms with E-state index in [1.807, 2.05) is 0 Å². The first-order chi connectivity index (χ1) is 6.16. The van der Waals surface area contributed by atoms with Crippen LogP contribution in [0.4, 0.5) is 0 Å². The smallest absolute Gasteiger partial charge is 0.328 e. The van der Waals surface area contributed by atoms with E-state index in [2.05, 4.69) is 12.2 Å². The van der Waals surface area contributed by atoms with Crippen molar-refractivity contribution in [3.63, 3.8) is 0 Å². The fourth-order valence-electron chi connectivity index (χ4n) is 0.792. The Labute approximate surface area is 77.6 Å². The van der Waals surface area contributed by atoms with Crippen LogP contribution in [0, 0.1) is 0 Å². The van der Waals surface area contributed by atoms with Crippen molar-refractivity contribution in [3.8, 4) is 0 Å². The fraction of sp³-hybridized carbons (Fsp3) is 0.556. The largest absolute Gasteiger partial charge is 0.478 e. The molecule has 0 radical (unpaired) electrons. The zero-order chi connectivity index (χ0) is 10.1. The lowest BCUT2D eigenvalue weighted by Crippen LogP contribution is -2.22. The molecule has 74 valence electrons. The van der Waals surface area contributed by atoms with E-state index in [4.69, 9.17) is 5.11 Å². The van der Waals surface area contributed by atoms with Gasteiger partial charge in [-0.3, -0.25) is 4.79 Å². The Morgan fingerprint density at radius 2 is 2.00 bits per heavy atom. The number of carbonyl (C=O) groups excluding carboxylic acids is 1. The third kappa shape index (κ3) is 8.59. The summed E-state index contributed by atoms with van der Waals surface area (Å²) in [7, 11) is 0. The zero-order valence-corrected chi connectivity index (χ0v) is 7.75. The Morgan fingerprint density at radius 3 is 2.54 bits per heavy atom. The molecule has 4 nitrogen and oxygen atoms in total. The first-order valence-electron chi connectivity index (χ1n) is 4.35. The quantitative estimate of drug-likeness (QED) is 0.478. The Bertz CT molecular complexity index is 199. The van der Waals surface area contributed by atoms with Gasteiger partial charge in [-0.2, -0.15) is 0 Å². The molecule has 1 amide bonds. The van der Waals surface area contributed by atoms with Crippen LogP contribution in [-0.4, -0.2) is 23.5 Å². The van der Waals surface area contributed by atoms with E-state index in [0.717, 1.165) is 31.4 Å². The second-order valence-electron chi connectivity index (χ2n) is 2.67. The van der Waals surface area contributed by atoms with Gasteiger partial charge in [0.05, 0.1) is 0 Å². The van der Waals surface area contributed by atoms with Crippen molar-refractivity contribution in [2.45, 2.75) is 26.2 Å². The molecule has 0 aliphatic rings. The molecule has 0 unspecified atom stereocenters. The lowest BCUT2D eigenvalue weighted by atomic mass is 10.2. The average Bonchev–Trinajstić information content (AvgIpc) is 2.09. The van der Waals surface area contributed by atoms with Crippen molar-refractivity contribution in [1.82, 2.24) is 5.32 Å².